The second-order valence-corrected chi connectivity index (χ2v) is 7.66. The van der Waals surface area contributed by atoms with Crippen LogP contribution < -0.4 is 10.6 Å². The lowest BCUT2D eigenvalue weighted by Crippen LogP contribution is -2.34. The van der Waals surface area contributed by atoms with Crippen LogP contribution in [0, 0.1) is 6.92 Å². The van der Waals surface area contributed by atoms with Gasteiger partial charge in [0.05, 0.1) is 11.4 Å². The van der Waals surface area contributed by atoms with E-state index in [1.165, 1.54) is 11.3 Å². The number of benzene rings is 2. The van der Waals surface area contributed by atoms with E-state index in [9.17, 15) is 14.4 Å². The van der Waals surface area contributed by atoms with Gasteiger partial charge >= 0.3 is 11.8 Å². The number of aryl methyl sites for hydroxylation is 1. The van der Waals surface area contributed by atoms with Gasteiger partial charge in [-0.15, -0.1) is 11.3 Å². The van der Waals surface area contributed by atoms with Gasteiger partial charge in [-0.1, -0.05) is 48.0 Å². The van der Waals surface area contributed by atoms with Gasteiger partial charge in [-0.2, -0.15) is 0 Å². The second kappa shape index (κ2) is 8.82. The van der Waals surface area contributed by atoms with Gasteiger partial charge < -0.3 is 10.6 Å². The zero-order chi connectivity index (χ0) is 20.1. The summed E-state index contributed by atoms with van der Waals surface area (Å²) in [4.78, 5) is 37.9. The first-order valence-electron chi connectivity index (χ1n) is 8.48. The third-order valence-corrected chi connectivity index (χ3v) is 5.32. The van der Waals surface area contributed by atoms with E-state index in [2.05, 4.69) is 10.6 Å². The number of rotatable bonds is 5. The minimum absolute atomic E-state index is 0.0719. The summed E-state index contributed by atoms with van der Waals surface area (Å²) >= 11 is 7.20. The molecular formula is C21H17ClN2O3S. The highest BCUT2D eigenvalue weighted by atomic mass is 35.5. The predicted octanol–water partition coefficient (Wildman–Crippen LogP) is 4.20. The molecule has 0 unspecified atom stereocenters. The standard InChI is InChI=1S/C21H17ClN2O3S/c1-13-7-8-15(22)11-17(13)24-21(27)20(26)23-12-16-9-10-18(28-16)19(25)14-5-3-2-4-6-14/h2-11H,12H2,1H3,(H,23,26)(H,24,27). The molecular weight excluding hydrogens is 396 g/mol. The normalized spacial score (nSPS) is 10.4. The quantitative estimate of drug-likeness (QED) is 0.487. The molecule has 0 aliphatic carbocycles. The third kappa shape index (κ3) is 4.85. The maximum absolute atomic E-state index is 12.4. The second-order valence-electron chi connectivity index (χ2n) is 6.06. The molecule has 0 bridgehead atoms. The fourth-order valence-corrected chi connectivity index (χ4v) is 3.56. The van der Waals surface area contributed by atoms with Crippen LogP contribution >= 0.6 is 22.9 Å². The lowest BCUT2D eigenvalue weighted by molar-refractivity contribution is -0.136. The minimum atomic E-state index is -0.775. The van der Waals surface area contributed by atoms with E-state index in [1.807, 2.05) is 18.2 Å². The average molecular weight is 413 g/mol. The largest absolute Gasteiger partial charge is 0.343 e. The first-order chi connectivity index (χ1) is 13.4. The zero-order valence-corrected chi connectivity index (χ0v) is 16.6. The molecule has 28 heavy (non-hydrogen) atoms. The van der Waals surface area contributed by atoms with Gasteiger partial charge in [0.15, 0.2) is 0 Å². The summed E-state index contributed by atoms with van der Waals surface area (Å²) < 4.78 is 0. The van der Waals surface area contributed by atoms with Gasteiger partial charge in [-0.25, -0.2) is 0 Å². The van der Waals surface area contributed by atoms with Crippen LogP contribution in [0.25, 0.3) is 0 Å². The lowest BCUT2D eigenvalue weighted by atomic mass is 10.1. The molecule has 1 heterocycles. The molecule has 0 saturated carbocycles. The molecule has 0 aliphatic rings. The Morgan fingerprint density at radius 2 is 1.71 bits per heavy atom. The molecule has 5 nitrogen and oxygen atoms in total. The Hall–Kier alpha value is -2.96. The Bertz CT molecular complexity index is 1030. The van der Waals surface area contributed by atoms with E-state index in [-0.39, 0.29) is 12.3 Å². The van der Waals surface area contributed by atoms with E-state index in [0.717, 1.165) is 10.4 Å². The number of anilines is 1. The van der Waals surface area contributed by atoms with Crippen molar-refractivity contribution in [3.05, 3.63) is 86.6 Å². The van der Waals surface area contributed by atoms with Gasteiger partial charge in [0.1, 0.15) is 0 Å². The summed E-state index contributed by atoms with van der Waals surface area (Å²) in [6.07, 6.45) is 0. The molecule has 142 valence electrons. The number of hydrogen-bond donors (Lipinski definition) is 2. The number of carbonyl (C=O) groups is 3. The Morgan fingerprint density at radius 3 is 2.46 bits per heavy atom. The van der Waals surface area contributed by atoms with E-state index in [0.29, 0.717) is 21.2 Å². The Kier molecular flexibility index (Phi) is 6.23. The van der Waals surface area contributed by atoms with Crippen molar-refractivity contribution in [3.8, 4) is 0 Å². The SMILES string of the molecule is Cc1ccc(Cl)cc1NC(=O)C(=O)NCc1ccc(C(=O)c2ccccc2)s1. The Morgan fingerprint density at radius 1 is 0.964 bits per heavy atom. The number of thiophene rings is 1. The van der Waals surface area contributed by atoms with Crippen molar-refractivity contribution >= 4 is 46.2 Å². The topological polar surface area (TPSA) is 75.3 Å². The minimum Gasteiger partial charge on any atom is -0.343 e. The van der Waals surface area contributed by atoms with Crippen molar-refractivity contribution in [2.45, 2.75) is 13.5 Å². The highest BCUT2D eigenvalue weighted by Gasteiger charge is 2.16. The summed E-state index contributed by atoms with van der Waals surface area (Å²) in [5.74, 6) is -1.61. The Balaban J connectivity index is 1.57. The average Bonchev–Trinajstić information content (AvgIpc) is 3.18. The van der Waals surface area contributed by atoms with Crippen LogP contribution in [0.15, 0.2) is 60.7 Å². The molecule has 0 saturated heterocycles. The summed E-state index contributed by atoms with van der Waals surface area (Å²) in [6, 6.07) is 17.5. The van der Waals surface area contributed by atoms with Crippen LogP contribution in [-0.4, -0.2) is 17.6 Å². The molecule has 0 spiro atoms. The highest BCUT2D eigenvalue weighted by molar-refractivity contribution is 7.14. The summed E-state index contributed by atoms with van der Waals surface area (Å²) in [5.41, 5.74) is 1.89. The van der Waals surface area contributed by atoms with Gasteiger partial charge in [0.25, 0.3) is 0 Å². The van der Waals surface area contributed by atoms with Crippen LogP contribution in [0.1, 0.15) is 25.7 Å². The van der Waals surface area contributed by atoms with E-state index in [1.54, 1.807) is 49.4 Å². The van der Waals surface area contributed by atoms with Crippen LogP contribution in [-0.2, 0) is 16.1 Å². The third-order valence-electron chi connectivity index (χ3n) is 4.00. The number of ketones is 1. The van der Waals surface area contributed by atoms with Crippen molar-refractivity contribution in [2.75, 3.05) is 5.32 Å². The first-order valence-corrected chi connectivity index (χ1v) is 9.67. The first kappa shape index (κ1) is 19.8. The van der Waals surface area contributed by atoms with Crippen molar-refractivity contribution in [1.29, 1.82) is 0 Å². The molecule has 2 amide bonds. The zero-order valence-electron chi connectivity index (χ0n) is 15.0. The van der Waals surface area contributed by atoms with Crippen LogP contribution in [0.4, 0.5) is 5.69 Å². The maximum Gasteiger partial charge on any atom is 0.313 e. The van der Waals surface area contributed by atoms with Gasteiger partial charge in [-0.05, 0) is 36.8 Å². The number of halogens is 1. The van der Waals surface area contributed by atoms with Crippen molar-refractivity contribution in [3.63, 3.8) is 0 Å². The molecule has 2 N–H and O–H groups in total. The number of carbonyl (C=O) groups excluding carboxylic acids is 3. The van der Waals surface area contributed by atoms with E-state index in [4.69, 9.17) is 11.6 Å². The number of hydrogen-bond acceptors (Lipinski definition) is 4. The Labute approximate surface area is 171 Å². The smallest absolute Gasteiger partial charge is 0.313 e. The fourth-order valence-electron chi connectivity index (χ4n) is 2.48. The molecule has 3 aromatic rings. The summed E-state index contributed by atoms with van der Waals surface area (Å²) in [6.45, 7) is 1.97. The van der Waals surface area contributed by atoms with Gasteiger partial charge in [-0.3, -0.25) is 14.4 Å². The molecule has 0 aliphatic heterocycles. The molecule has 7 heteroatoms. The molecule has 1 aromatic heterocycles. The molecule has 0 fully saturated rings. The lowest BCUT2D eigenvalue weighted by Gasteiger charge is -2.08. The van der Waals surface area contributed by atoms with Crippen LogP contribution in [0.3, 0.4) is 0 Å². The monoisotopic (exact) mass is 412 g/mol. The highest BCUT2D eigenvalue weighted by Crippen LogP contribution is 2.21. The summed E-state index contributed by atoms with van der Waals surface area (Å²) in [5, 5.41) is 5.57. The van der Waals surface area contributed by atoms with Crippen molar-refractivity contribution in [1.82, 2.24) is 5.32 Å². The van der Waals surface area contributed by atoms with E-state index >= 15 is 0 Å². The van der Waals surface area contributed by atoms with Crippen molar-refractivity contribution in [2.24, 2.45) is 0 Å². The number of amides is 2. The molecule has 0 radical (unpaired) electrons. The summed E-state index contributed by atoms with van der Waals surface area (Å²) in [7, 11) is 0. The molecule has 3 rings (SSSR count). The molecule has 2 aromatic carbocycles. The number of nitrogens with one attached hydrogen (secondary N) is 2. The van der Waals surface area contributed by atoms with E-state index < -0.39 is 11.8 Å². The van der Waals surface area contributed by atoms with Gasteiger partial charge in [0.2, 0.25) is 5.78 Å². The fraction of sp³-hybridized carbons (Fsp3) is 0.0952. The van der Waals surface area contributed by atoms with Crippen molar-refractivity contribution < 1.29 is 14.4 Å². The maximum atomic E-state index is 12.4. The molecule has 0 atom stereocenters. The van der Waals surface area contributed by atoms with Gasteiger partial charge in [0, 0.05) is 21.2 Å². The van der Waals surface area contributed by atoms with Crippen LogP contribution in [0.2, 0.25) is 5.02 Å². The predicted molar refractivity (Wildman–Crippen MR) is 111 cm³/mol. The van der Waals surface area contributed by atoms with Crippen LogP contribution in [0.5, 0.6) is 0 Å².